The average molecular weight is 380 g/mol. The van der Waals surface area contributed by atoms with Crippen LogP contribution in [-0.4, -0.2) is 46.7 Å². The first-order valence-corrected chi connectivity index (χ1v) is 10.0. The molecule has 3 rings (SSSR count). The number of aryl methyl sites for hydroxylation is 1. The number of hydrogen-bond acceptors (Lipinski definition) is 3. The van der Waals surface area contributed by atoms with E-state index in [0.29, 0.717) is 18.5 Å². The van der Waals surface area contributed by atoms with E-state index in [0.717, 1.165) is 42.9 Å². The van der Waals surface area contributed by atoms with Gasteiger partial charge in [-0.15, -0.1) is 0 Å². The molecule has 0 spiro atoms. The summed E-state index contributed by atoms with van der Waals surface area (Å²) in [7, 11) is 1.83. The zero-order chi connectivity index (χ0) is 20.1. The van der Waals surface area contributed by atoms with E-state index in [1.807, 2.05) is 68.3 Å². The van der Waals surface area contributed by atoms with E-state index in [4.69, 9.17) is 4.98 Å². The van der Waals surface area contributed by atoms with Crippen molar-refractivity contribution in [2.45, 2.75) is 45.6 Å². The van der Waals surface area contributed by atoms with Crippen LogP contribution in [0.5, 0.6) is 0 Å². The van der Waals surface area contributed by atoms with Crippen LogP contribution >= 0.6 is 0 Å². The van der Waals surface area contributed by atoms with E-state index in [9.17, 15) is 9.59 Å². The van der Waals surface area contributed by atoms with E-state index >= 15 is 0 Å². The van der Waals surface area contributed by atoms with Crippen molar-refractivity contribution >= 4 is 11.8 Å². The van der Waals surface area contributed by atoms with Crippen LogP contribution in [0.3, 0.4) is 0 Å². The van der Waals surface area contributed by atoms with Gasteiger partial charge in [0.1, 0.15) is 0 Å². The number of benzene rings is 1. The van der Waals surface area contributed by atoms with Gasteiger partial charge in [-0.2, -0.15) is 0 Å². The molecule has 1 aromatic carbocycles. The second kappa shape index (κ2) is 9.00. The highest BCUT2D eigenvalue weighted by atomic mass is 16.2. The number of carbonyl (C=O) groups excluding carboxylic acids is 2. The molecule has 1 fully saturated rings. The SMILES string of the molecule is CCC(=O)N1CCC(c2nc(C)ccc2C(=O)N(C)Cc2ccccc2)CC1. The van der Waals surface area contributed by atoms with Gasteiger partial charge in [-0.25, -0.2) is 0 Å². The molecule has 1 aliphatic rings. The van der Waals surface area contributed by atoms with Crippen LogP contribution in [-0.2, 0) is 11.3 Å². The summed E-state index contributed by atoms with van der Waals surface area (Å²) < 4.78 is 0. The van der Waals surface area contributed by atoms with Crippen molar-refractivity contribution in [2.24, 2.45) is 0 Å². The fraction of sp³-hybridized carbons (Fsp3) is 0.435. The lowest BCUT2D eigenvalue weighted by Gasteiger charge is -2.32. The lowest BCUT2D eigenvalue weighted by atomic mass is 9.89. The summed E-state index contributed by atoms with van der Waals surface area (Å²) in [6, 6.07) is 13.8. The van der Waals surface area contributed by atoms with Gasteiger partial charge >= 0.3 is 0 Å². The molecule has 0 radical (unpaired) electrons. The molecule has 0 bridgehead atoms. The first-order valence-electron chi connectivity index (χ1n) is 10.0. The van der Waals surface area contributed by atoms with Crippen LogP contribution in [0.15, 0.2) is 42.5 Å². The Morgan fingerprint density at radius 1 is 1.11 bits per heavy atom. The fourth-order valence-corrected chi connectivity index (χ4v) is 3.83. The number of pyridine rings is 1. The normalized spacial score (nSPS) is 14.8. The minimum atomic E-state index is -0.00147. The molecule has 148 valence electrons. The molecule has 5 nitrogen and oxygen atoms in total. The van der Waals surface area contributed by atoms with Crippen LogP contribution in [0, 0.1) is 6.92 Å². The van der Waals surface area contributed by atoms with Crippen molar-refractivity contribution in [1.82, 2.24) is 14.8 Å². The third-order valence-electron chi connectivity index (χ3n) is 5.44. The summed E-state index contributed by atoms with van der Waals surface area (Å²) in [6.45, 7) is 5.90. The van der Waals surface area contributed by atoms with Crippen molar-refractivity contribution in [1.29, 1.82) is 0 Å². The highest BCUT2D eigenvalue weighted by Crippen LogP contribution is 2.30. The zero-order valence-corrected chi connectivity index (χ0v) is 17.0. The predicted octanol–water partition coefficient (Wildman–Crippen LogP) is 3.78. The van der Waals surface area contributed by atoms with Crippen LogP contribution in [0.2, 0.25) is 0 Å². The van der Waals surface area contributed by atoms with E-state index in [1.165, 1.54) is 0 Å². The maximum Gasteiger partial charge on any atom is 0.255 e. The van der Waals surface area contributed by atoms with Crippen LogP contribution < -0.4 is 0 Å². The van der Waals surface area contributed by atoms with E-state index in [1.54, 1.807) is 4.90 Å². The van der Waals surface area contributed by atoms with Crippen molar-refractivity contribution in [3.8, 4) is 0 Å². The van der Waals surface area contributed by atoms with Crippen LogP contribution in [0.1, 0.15) is 59.4 Å². The molecular formula is C23H29N3O2. The van der Waals surface area contributed by atoms with Gasteiger partial charge in [-0.3, -0.25) is 14.6 Å². The minimum absolute atomic E-state index is 0.00147. The van der Waals surface area contributed by atoms with Gasteiger partial charge in [0, 0.05) is 44.7 Å². The van der Waals surface area contributed by atoms with Crippen molar-refractivity contribution in [2.75, 3.05) is 20.1 Å². The summed E-state index contributed by atoms with van der Waals surface area (Å²) >= 11 is 0. The minimum Gasteiger partial charge on any atom is -0.343 e. The number of nitrogens with zero attached hydrogens (tertiary/aromatic N) is 3. The molecule has 1 aromatic heterocycles. The second-order valence-corrected chi connectivity index (χ2v) is 7.54. The molecule has 0 saturated carbocycles. The smallest absolute Gasteiger partial charge is 0.255 e. The molecule has 28 heavy (non-hydrogen) atoms. The van der Waals surface area contributed by atoms with Gasteiger partial charge in [0.25, 0.3) is 5.91 Å². The molecular weight excluding hydrogens is 350 g/mol. The summed E-state index contributed by atoms with van der Waals surface area (Å²) in [4.78, 5) is 33.5. The standard InChI is InChI=1S/C23H29N3O2/c1-4-21(27)26-14-12-19(13-15-26)22-20(11-10-17(2)24-22)23(28)25(3)16-18-8-6-5-7-9-18/h5-11,19H,4,12-16H2,1-3H3. The Morgan fingerprint density at radius 2 is 1.79 bits per heavy atom. The third kappa shape index (κ3) is 4.58. The van der Waals surface area contributed by atoms with Gasteiger partial charge in [-0.1, -0.05) is 37.3 Å². The molecule has 2 amide bonds. The van der Waals surface area contributed by atoms with Gasteiger partial charge in [-0.05, 0) is 37.5 Å². The van der Waals surface area contributed by atoms with Gasteiger partial charge in [0.15, 0.2) is 0 Å². The number of amides is 2. The summed E-state index contributed by atoms with van der Waals surface area (Å²) in [5, 5.41) is 0. The Bertz CT molecular complexity index is 827. The number of carbonyl (C=O) groups is 2. The molecule has 0 aliphatic carbocycles. The predicted molar refractivity (Wildman–Crippen MR) is 110 cm³/mol. The number of rotatable bonds is 5. The Labute approximate surface area is 167 Å². The summed E-state index contributed by atoms with van der Waals surface area (Å²) in [6.07, 6.45) is 2.25. The average Bonchev–Trinajstić information content (AvgIpc) is 2.73. The first kappa shape index (κ1) is 20.1. The third-order valence-corrected chi connectivity index (χ3v) is 5.44. The van der Waals surface area contributed by atoms with E-state index in [2.05, 4.69) is 0 Å². The maximum absolute atomic E-state index is 13.2. The molecule has 1 saturated heterocycles. The van der Waals surface area contributed by atoms with E-state index < -0.39 is 0 Å². The lowest BCUT2D eigenvalue weighted by molar-refractivity contribution is -0.131. The molecule has 2 heterocycles. The largest absolute Gasteiger partial charge is 0.343 e. The second-order valence-electron chi connectivity index (χ2n) is 7.54. The van der Waals surface area contributed by atoms with Gasteiger partial charge < -0.3 is 9.80 Å². The number of aromatic nitrogens is 1. The number of piperidine rings is 1. The lowest BCUT2D eigenvalue weighted by Crippen LogP contribution is -2.38. The quantitative estimate of drug-likeness (QED) is 0.794. The number of likely N-dealkylation sites (tertiary alicyclic amines) is 1. The van der Waals surface area contributed by atoms with Gasteiger partial charge in [0.2, 0.25) is 5.91 Å². The Balaban J connectivity index is 1.77. The Hall–Kier alpha value is -2.69. The fourth-order valence-electron chi connectivity index (χ4n) is 3.83. The molecule has 0 unspecified atom stereocenters. The van der Waals surface area contributed by atoms with Crippen molar-refractivity contribution in [3.63, 3.8) is 0 Å². The van der Waals surface area contributed by atoms with Crippen molar-refractivity contribution in [3.05, 3.63) is 65.0 Å². The highest BCUT2D eigenvalue weighted by molar-refractivity contribution is 5.95. The number of hydrogen-bond donors (Lipinski definition) is 0. The molecule has 5 heteroatoms. The Morgan fingerprint density at radius 3 is 2.43 bits per heavy atom. The summed E-state index contributed by atoms with van der Waals surface area (Å²) in [5.74, 6) is 0.415. The molecule has 0 N–H and O–H groups in total. The van der Waals surface area contributed by atoms with Gasteiger partial charge in [0.05, 0.1) is 11.3 Å². The molecule has 0 atom stereocenters. The monoisotopic (exact) mass is 379 g/mol. The topological polar surface area (TPSA) is 53.5 Å². The molecule has 1 aliphatic heterocycles. The molecule has 2 aromatic rings. The zero-order valence-electron chi connectivity index (χ0n) is 17.0. The first-order chi connectivity index (χ1) is 13.5. The van der Waals surface area contributed by atoms with Crippen LogP contribution in [0.4, 0.5) is 0 Å². The van der Waals surface area contributed by atoms with Crippen molar-refractivity contribution < 1.29 is 9.59 Å². The van der Waals surface area contributed by atoms with Crippen LogP contribution in [0.25, 0.3) is 0 Å². The maximum atomic E-state index is 13.2. The van der Waals surface area contributed by atoms with E-state index in [-0.39, 0.29) is 17.7 Å². The Kier molecular flexibility index (Phi) is 6.45. The highest BCUT2D eigenvalue weighted by Gasteiger charge is 2.28. The summed E-state index contributed by atoms with van der Waals surface area (Å²) in [5.41, 5.74) is 3.59.